The molecular formula is C41H57BrF2LiN11O2Si2. The van der Waals surface area contributed by atoms with Crippen molar-refractivity contribution >= 4 is 54.4 Å². The summed E-state index contributed by atoms with van der Waals surface area (Å²) >= 11 is 3.32. The van der Waals surface area contributed by atoms with E-state index in [1.807, 2.05) is 33.7 Å². The Labute approximate surface area is 374 Å². The number of nitrogens with zero attached hydrogens (tertiary/aromatic N) is 11. The molecule has 1 aliphatic heterocycles. The maximum atomic E-state index is 14.0. The summed E-state index contributed by atoms with van der Waals surface area (Å²) in [5.74, 6) is -1.19. The van der Waals surface area contributed by atoms with Crippen LogP contribution in [0.2, 0.25) is 50.4 Å². The van der Waals surface area contributed by atoms with Crippen molar-refractivity contribution < 1.29 is 37.1 Å². The number of hydrogen-bond donors (Lipinski definition) is 0. The van der Waals surface area contributed by atoms with Crippen LogP contribution in [0.5, 0.6) is 0 Å². The average Bonchev–Trinajstić information content (AvgIpc) is 3.73. The molecule has 0 amide bonds. The van der Waals surface area contributed by atoms with Gasteiger partial charge >= 0.3 is 18.9 Å². The number of aromatic nitrogens is 10. The Kier molecular flexibility index (Phi) is 17.8. The van der Waals surface area contributed by atoms with E-state index in [4.69, 9.17) is 14.8 Å². The summed E-state index contributed by atoms with van der Waals surface area (Å²) in [6.45, 7) is 23.7. The molecule has 0 bridgehead atoms. The SMILES string of the molecule is CC1(C)CCC([Si](C)(C)CCOCn2ccc3nc(-c4nccnc4F)cnc32)CC(C)(C)[N-]1.C[Si](C)(C)CCOCn1ccc2nc(Br)cnc21.Fc1cnccn1.[Li+]. The molecule has 6 aromatic heterocycles. The van der Waals surface area contributed by atoms with E-state index in [1.165, 1.54) is 49.9 Å². The first kappa shape index (κ1) is 49.3. The van der Waals surface area contributed by atoms with Crippen LogP contribution in [0.4, 0.5) is 8.78 Å². The van der Waals surface area contributed by atoms with Crippen LogP contribution in [0.25, 0.3) is 39.0 Å². The van der Waals surface area contributed by atoms with E-state index < -0.39 is 28.0 Å². The molecular weight excluding hydrogens is 860 g/mol. The van der Waals surface area contributed by atoms with Crippen LogP contribution in [0.3, 0.4) is 0 Å². The third-order valence-electron chi connectivity index (χ3n) is 10.2. The fourth-order valence-corrected chi connectivity index (χ4v) is 11.2. The molecule has 1 fully saturated rings. The first-order valence-electron chi connectivity index (χ1n) is 19.9. The van der Waals surface area contributed by atoms with E-state index in [1.54, 1.807) is 6.20 Å². The van der Waals surface area contributed by atoms with Crippen LogP contribution in [-0.2, 0) is 22.9 Å². The van der Waals surface area contributed by atoms with E-state index >= 15 is 0 Å². The van der Waals surface area contributed by atoms with Crippen molar-refractivity contribution in [3.63, 3.8) is 0 Å². The molecule has 19 heteroatoms. The van der Waals surface area contributed by atoms with Gasteiger partial charge in [-0.25, -0.2) is 34.9 Å². The minimum Gasteiger partial charge on any atom is -0.652 e. The topological polar surface area (TPSA) is 146 Å². The molecule has 0 spiro atoms. The summed E-state index contributed by atoms with van der Waals surface area (Å²) in [7, 11) is -2.49. The molecule has 0 N–H and O–H groups in total. The Bertz CT molecular complexity index is 2260. The molecule has 0 saturated carbocycles. The van der Waals surface area contributed by atoms with Gasteiger partial charge in [0.05, 0.1) is 26.7 Å². The van der Waals surface area contributed by atoms with Gasteiger partial charge in [-0.05, 0) is 45.7 Å². The third-order valence-corrected chi connectivity index (χ3v) is 16.5. The van der Waals surface area contributed by atoms with Gasteiger partial charge in [-0.3, -0.25) is 4.98 Å². The van der Waals surface area contributed by atoms with Crippen molar-refractivity contribution in [1.29, 1.82) is 0 Å². The Balaban J connectivity index is 0.000000253. The predicted molar refractivity (Wildman–Crippen MR) is 237 cm³/mol. The fraction of sp³-hybridized carbons (Fsp3) is 0.512. The molecule has 7 rings (SSSR count). The summed E-state index contributed by atoms with van der Waals surface area (Å²) in [4.78, 5) is 32.1. The smallest absolute Gasteiger partial charge is 0.652 e. The maximum Gasteiger partial charge on any atom is 1.00 e. The van der Waals surface area contributed by atoms with Gasteiger partial charge < -0.3 is 23.9 Å². The van der Waals surface area contributed by atoms with Crippen molar-refractivity contribution in [3.8, 4) is 11.4 Å². The van der Waals surface area contributed by atoms with Crippen molar-refractivity contribution in [1.82, 2.24) is 49.0 Å². The standard InChI is InChI=1S/C25H36FN6OSi.C12H18BrN3OSi.C4H3FN2.Li/c1-24(2)9-7-18(15-25(3,4)31-24)34(5,6)14-13-33-17-32-12-8-19-23(32)29-16-20(30-19)21-22(26)28-11-10-27-21;1-18(2,3)7-6-17-9-16-5-4-10-12(16)14-8-11(13)15-10;5-4-3-6-1-2-7-4;/h8,10-12,16,18H,7,9,13-15,17H2,1-6H3;4-5,8H,6-7,9H2,1-3H3;1-3H;/q-1;;;+1. The van der Waals surface area contributed by atoms with E-state index in [2.05, 4.69) is 116 Å². The molecule has 0 aromatic carbocycles. The molecule has 1 saturated heterocycles. The van der Waals surface area contributed by atoms with E-state index in [0.29, 0.717) is 30.3 Å². The van der Waals surface area contributed by atoms with Gasteiger partial charge in [0.15, 0.2) is 11.3 Å². The Morgan fingerprint density at radius 1 is 0.767 bits per heavy atom. The van der Waals surface area contributed by atoms with E-state index in [9.17, 15) is 8.78 Å². The second kappa shape index (κ2) is 21.6. The van der Waals surface area contributed by atoms with Crippen molar-refractivity contribution in [3.05, 3.63) is 89.7 Å². The van der Waals surface area contributed by atoms with Crippen LogP contribution in [0.1, 0.15) is 47.0 Å². The van der Waals surface area contributed by atoms with Crippen LogP contribution < -0.4 is 18.9 Å². The summed E-state index contributed by atoms with van der Waals surface area (Å²) in [6.07, 6.45) is 17.2. The van der Waals surface area contributed by atoms with Crippen molar-refractivity contribution in [2.75, 3.05) is 13.2 Å². The minimum atomic E-state index is -1.48. The normalized spacial score (nSPS) is 16.2. The zero-order valence-corrected chi connectivity index (χ0v) is 40.2. The van der Waals surface area contributed by atoms with Crippen LogP contribution in [-0.4, -0.2) is 89.4 Å². The van der Waals surface area contributed by atoms with Crippen LogP contribution >= 0.6 is 15.9 Å². The monoisotopic (exact) mass is 915 g/mol. The molecule has 13 nitrogen and oxygen atoms in total. The zero-order chi connectivity index (χ0) is 42.8. The van der Waals surface area contributed by atoms with Gasteiger partial charge in [0.25, 0.3) is 0 Å². The Morgan fingerprint density at radius 3 is 1.95 bits per heavy atom. The summed E-state index contributed by atoms with van der Waals surface area (Å²) < 4.78 is 42.2. The average molecular weight is 917 g/mol. The molecule has 318 valence electrons. The second-order valence-corrected chi connectivity index (χ2v) is 29.7. The number of fused-ring (bicyclic) bond motifs is 2. The number of rotatable bonds is 12. The summed E-state index contributed by atoms with van der Waals surface area (Å²) in [5.41, 5.74) is 4.45. The summed E-state index contributed by atoms with van der Waals surface area (Å²) in [5, 5.41) is 5.14. The quantitative estimate of drug-likeness (QED) is 0.0905. The number of hydrogen-bond acceptors (Lipinski definition) is 10. The zero-order valence-electron chi connectivity index (χ0n) is 36.7. The fourth-order valence-electron chi connectivity index (χ4n) is 7.06. The molecule has 1 atom stereocenters. The first-order chi connectivity index (χ1) is 27.8. The summed E-state index contributed by atoms with van der Waals surface area (Å²) in [6, 6.07) is 6.12. The van der Waals surface area contributed by atoms with Gasteiger partial charge in [0.1, 0.15) is 40.5 Å². The largest absolute Gasteiger partial charge is 1.00 e. The molecule has 1 aliphatic rings. The number of ether oxygens (including phenoxy) is 2. The molecule has 60 heavy (non-hydrogen) atoms. The van der Waals surface area contributed by atoms with Gasteiger partial charge in [-0.1, -0.05) is 79.7 Å². The van der Waals surface area contributed by atoms with Gasteiger partial charge in [-0.15, -0.1) is 11.1 Å². The molecule has 6 aromatic rings. The van der Waals surface area contributed by atoms with Crippen LogP contribution in [0.15, 0.2) is 72.5 Å². The van der Waals surface area contributed by atoms with Gasteiger partial charge in [-0.2, -0.15) is 8.78 Å². The van der Waals surface area contributed by atoms with Crippen molar-refractivity contribution in [2.45, 2.75) is 122 Å². The first-order valence-corrected chi connectivity index (χ1v) is 27.7. The van der Waals surface area contributed by atoms with Crippen LogP contribution in [0, 0.1) is 11.9 Å². The predicted octanol–water partition coefficient (Wildman–Crippen LogP) is 7.32. The minimum absolute atomic E-state index is 0. The molecule has 0 aliphatic carbocycles. The molecule has 1 unspecified atom stereocenters. The van der Waals surface area contributed by atoms with Gasteiger partial charge in [0.2, 0.25) is 11.9 Å². The Hall–Kier alpha value is -3.35. The number of halogens is 3. The van der Waals surface area contributed by atoms with E-state index in [0.717, 1.165) is 53.2 Å². The third kappa shape index (κ3) is 14.9. The second-order valence-electron chi connectivity index (χ2n) is 18.0. The van der Waals surface area contributed by atoms with Crippen molar-refractivity contribution in [2.24, 2.45) is 0 Å². The van der Waals surface area contributed by atoms with E-state index in [-0.39, 0.29) is 35.6 Å². The molecule has 7 heterocycles. The molecule has 0 radical (unpaired) electrons. The Morgan fingerprint density at radius 2 is 1.37 bits per heavy atom. The van der Waals surface area contributed by atoms with Gasteiger partial charge in [0, 0.05) is 58.5 Å². The maximum absolute atomic E-state index is 14.0.